The van der Waals surface area contributed by atoms with Crippen LogP contribution in [0.1, 0.15) is 22.5 Å². The number of nitrogens with one attached hydrogen (secondary N) is 1. The van der Waals surface area contributed by atoms with Gasteiger partial charge < -0.3 is 15.2 Å². The average Bonchev–Trinajstić information content (AvgIpc) is 2.15. The second-order valence-corrected chi connectivity index (χ2v) is 2.67. The van der Waals surface area contributed by atoms with E-state index in [1.165, 1.54) is 0 Å². The van der Waals surface area contributed by atoms with E-state index in [4.69, 9.17) is 5.11 Å². The maximum atomic E-state index is 12.4. The van der Waals surface area contributed by atoms with Gasteiger partial charge in [-0.15, -0.1) is 0 Å². The zero-order valence-electron chi connectivity index (χ0n) is 7.44. The average molecular weight is 234 g/mol. The molecule has 0 amide bonds. The standard InChI is InChI=1S/C7H4F2N2O5/c8-6(9)5-4(7(13)14)2(12)1-3(10-5)11(15)16/h1,6H,(H,10,12)(H,13,14). The molecule has 0 atom stereocenters. The highest BCUT2D eigenvalue weighted by atomic mass is 19.3. The molecule has 0 aromatic carbocycles. The molecule has 0 bridgehead atoms. The Morgan fingerprint density at radius 1 is 1.56 bits per heavy atom. The fourth-order valence-electron chi connectivity index (χ4n) is 1.05. The highest BCUT2D eigenvalue weighted by Gasteiger charge is 2.27. The smallest absolute Gasteiger partial charge is 0.343 e. The number of halogens is 2. The third-order valence-corrected chi connectivity index (χ3v) is 1.68. The molecule has 0 saturated carbocycles. The van der Waals surface area contributed by atoms with Crippen LogP contribution in [0, 0.1) is 10.1 Å². The van der Waals surface area contributed by atoms with Crippen LogP contribution in [0.5, 0.6) is 0 Å². The van der Waals surface area contributed by atoms with Crippen molar-refractivity contribution in [1.29, 1.82) is 0 Å². The second-order valence-electron chi connectivity index (χ2n) is 2.67. The van der Waals surface area contributed by atoms with Gasteiger partial charge in [-0.1, -0.05) is 0 Å². The van der Waals surface area contributed by atoms with Gasteiger partial charge in [0.2, 0.25) is 5.43 Å². The van der Waals surface area contributed by atoms with Crippen molar-refractivity contribution in [2.45, 2.75) is 6.43 Å². The molecule has 0 radical (unpaired) electrons. The van der Waals surface area contributed by atoms with Gasteiger partial charge in [-0.25, -0.2) is 18.6 Å². The first-order valence-electron chi connectivity index (χ1n) is 3.77. The number of nitro groups is 1. The first-order chi connectivity index (χ1) is 7.34. The van der Waals surface area contributed by atoms with Gasteiger partial charge in [0, 0.05) is 0 Å². The topological polar surface area (TPSA) is 113 Å². The van der Waals surface area contributed by atoms with Crippen molar-refractivity contribution in [3.8, 4) is 0 Å². The summed E-state index contributed by atoms with van der Waals surface area (Å²) < 4.78 is 24.7. The number of aromatic amines is 1. The molecular weight excluding hydrogens is 230 g/mol. The molecule has 0 aliphatic rings. The van der Waals surface area contributed by atoms with Crippen molar-refractivity contribution in [2.75, 3.05) is 0 Å². The van der Waals surface area contributed by atoms with Crippen molar-refractivity contribution in [2.24, 2.45) is 0 Å². The number of nitrogens with zero attached hydrogens (tertiary/aromatic N) is 1. The molecule has 1 aromatic rings. The summed E-state index contributed by atoms with van der Waals surface area (Å²) in [6.45, 7) is 0. The van der Waals surface area contributed by atoms with E-state index < -0.39 is 39.8 Å². The number of rotatable bonds is 3. The molecule has 7 nitrogen and oxygen atoms in total. The number of aromatic carboxylic acids is 1. The molecule has 2 N–H and O–H groups in total. The maximum Gasteiger partial charge on any atom is 0.343 e. The summed E-state index contributed by atoms with van der Waals surface area (Å²) in [7, 11) is 0. The highest BCUT2D eigenvalue weighted by molar-refractivity contribution is 5.89. The van der Waals surface area contributed by atoms with Crippen LogP contribution in [0.4, 0.5) is 14.6 Å². The largest absolute Gasteiger partial charge is 0.477 e. The first kappa shape index (κ1) is 11.8. The Labute approximate surface area is 85.5 Å². The molecule has 1 rings (SSSR count). The number of pyridine rings is 1. The van der Waals surface area contributed by atoms with E-state index in [0.717, 1.165) is 0 Å². The summed E-state index contributed by atoms with van der Waals surface area (Å²) in [5, 5.41) is 18.8. The predicted molar refractivity (Wildman–Crippen MR) is 45.6 cm³/mol. The molecule has 9 heteroatoms. The lowest BCUT2D eigenvalue weighted by molar-refractivity contribution is -0.389. The SMILES string of the molecule is O=C(O)c1c(C(F)F)[nH]c([N+](=O)[O-])cc1=O. The number of hydrogen-bond acceptors (Lipinski definition) is 4. The van der Waals surface area contributed by atoms with Crippen LogP contribution in [-0.4, -0.2) is 21.0 Å². The Kier molecular flexibility index (Phi) is 2.97. The lowest BCUT2D eigenvalue weighted by Gasteiger charge is -2.02. The molecule has 0 saturated heterocycles. The maximum absolute atomic E-state index is 12.4. The van der Waals surface area contributed by atoms with Gasteiger partial charge in [-0.3, -0.25) is 4.79 Å². The van der Waals surface area contributed by atoms with Gasteiger partial charge >= 0.3 is 11.8 Å². The minimum atomic E-state index is -3.32. The molecule has 1 heterocycles. The molecule has 16 heavy (non-hydrogen) atoms. The molecule has 0 spiro atoms. The van der Waals surface area contributed by atoms with Gasteiger partial charge in [0.25, 0.3) is 6.43 Å². The van der Waals surface area contributed by atoms with Crippen LogP contribution in [0.3, 0.4) is 0 Å². The molecule has 0 aliphatic heterocycles. The van der Waals surface area contributed by atoms with E-state index in [1.807, 2.05) is 0 Å². The van der Waals surface area contributed by atoms with Crippen LogP contribution < -0.4 is 5.43 Å². The number of hydrogen-bond donors (Lipinski definition) is 2. The molecule has 0 unspecified atom stereocenters. The van der Waals surface area contributed by atoms with Crippen molar-refractivity contribution in [3.63, 3.8) is 0 Å². The quantitative estimate of drug-likeness (QED) is 0.596. The van der Waals surface area contributed by atoms with Gasteiger partial charge in [0.15, 0.2) is 11.3 Å². The zero-order chi connectivity index (χ0) is 12.5. The first-order valence-corrected chi connectivity index (χ1v) is 3.77. The van der Waals surface area contributed by atoms with Crippen molar-refractivity contribution < 1.29 is 23.6 Å². The summed E-state index contributed by atoms with van der Waals surface area (Å²) in [6, 6.07) is 0.343. The van der Waals surface area contributed by atoms with E-state index in [1.54, 1.807) is 4.98 Å². The van der Waals surface area contributed by atoms with Gasteiger partial charge in [0.05, 0.1) is 6.07 Å². The van der Waals surface area contributed by atoms with Crippen molar-refractivity contribution in [1.82, 2.24) is 4.98 Å². The van der Waals surface area contributed by atoms with E-state index in [2.05, 4.69) is 0 Å². The van der Waals surface area contributed by atoms with Crippen LogP contribution in [0.15, 0.2) is 10.9 Å². The van der Waals surface area contributed by atoms with Gasteiger partial charge in [0.1, 0.15) is 0 Å². The second kappa shape index (κ2) is 4.04. The van der Waals surface area contributed by atoms with Crippen LogP contribution >= 0.6 is 0 Å². The summed E-state index contributed by atoms with van der Waals surface area (Å²) in [6.07, 6.45) is -3.32. The van der Waals surface area contributed by atoms with Crippen LogP contribution in [0.2, 0.25) is 0 Å². The Hall–Kier alpha value is -2.32. The number of carbonyl (C=O) groups is 1. The van der Waals surface area contributed by atoms with Crippen molar-refractivity contribution >= 4 is 11.8 Å². The number of aromatic nitrogens is 1. The fraction of sp³-hybridized carbons (Fsp3) is 0.143. The third-order valence-electron chi connectivity index (χ3n) is 1.68. The summed E-state index contributed by atoms with van der Waals surface area (Å²) in [4.78, 5) is 32.3. The fourth-order valence-corrected chi connectivity index (χ4v) is 1.05. The van der Waals surface area contributed by atoms with E-state index in [-0.39, 0.29) is 0 Å². The predicted octanol–water partition coefficient (Wildman–Crippen LogP) is 0.919. The van der Waals surface area contributed by atoms with Crippen LogP contribution in [-0.2, 0) is 0 Å². The van der Waals surface area contributed by atoms with E-state index in [0.29, 0.717) is 6.07 Å². The summed E-state index contributed by atoms with van der Waals surface area (Å²) in [5.41, 5.74) is -3.81. The molecular formula is C7H4F2N2O5. The van der Waals surface area contributed by atoms with Gasteiger partial charge in [-0.05, 0) is 4.92 Å². The number of carboxylic acids is 1. The van der Waals surface area contributed by atoms with Crippen molar-refractivity contribution in [3.05, 3.63) is 37.7 Å². The number of alkyl halides is 2. The van der Waals surface area contributed by atoms with E-state index >= 15 is 0 Å². The van der Waals surface area contributed by atoms with Crippen LogP contribution in [0.25, 0.3) is 0 Å². The number of carboxylic acid groups (broad SMARTS) is 1. The van der Waals surface area contributed by atoms with Gasteiger partial charge in [-0.2, -0.15) is 0 Å². The third kappa shape index (κ3) is 2.02. The molecule has 0 fully saturated rings. The minimum Gasteiger partial charge on any atom is -0.477 e. The lowest BCUT2D eigenvalue weighted by Crippen LogP contribution is -2.20. The normalized spacial score (nSPS) is 10.4. The molecule has 0 aliphatic carbocycles. The Morgan fingerprint density at radius 3 is 2.50 bits per heavy atom. The minimum absolute atomic E-state index is 0.343. The monoisotopic (exact) mass is 234 g/mol. The molecule has 1 aromatic heterocycles. The number of H-pyrrole nitrogens is 1. The Balaban J connectivity index is 3.58. The zero-order valence-corrected chi connectivity index (χ0v) is 7.44. The summed E-state index contributed by atoms with van der Waals surface area (Å²) in [5.74, 6) is -2.85. The summed E-state index contributed by atoms with van der Waals surface area (Å²) >= 11 is 0. The Bertz CT molecular complexity index is 510. The lowest BCUT2D eigenvalue weighted by atomic mass is 10.2. The Morgan fingerprint density at radius 2 is 2.12 bits per heavy atom. The van der Waals surface area contributed by atoms with E-state index in [9.17, 15) is 28.5 Å². The molecule has 86 valence electrons. The highest BCUT2D eigenvalue weighted by Crippen LogP contribution is 2.20.